The Labute approximate surface area is 146 Å². The molecule has 0 atom stereocenters. The van der Waals surface area contributed by atoms with Crippen LogP contribution in [0.2, 0.25) is 0 Å². The van der Waals surface area contributed by atoms with Gasteiger partial charge in [-0.15, -0.1) is 0 Å². The molecule has 2 aromatic heterocycles. The van der Waals surface area contributed by atoms with Gasteiger partial charge in [-0.05, 0) is 19.4 Å². The molecule has 0 aliphatic rings. The van der Waals surface area contributed by atoms with E-state index >= 15 is 0 Å². The number of imidazole rings is 1. The largest absolute Gasteiger partial charge is 0.464 e. The van der Waals surface area contributed by atoms with Gasteiger partial charge in [0.05, 0.1) is 34.8 Å². The number of nitrogens with one attached hydrogen (secondary N) is 1. The van der Waals surface area contributed by atoms with E-state index in [1.807, 2.05) is 0 Å². The lowest BCUT2D eigenvalue weighted by Gasteiger charge is -2.21. The molecule has 0 saturated carbocycles. The molecule has 3 nitrogen and oxygen atoms in total. The molecule has 6 heteroatoms. The van der Waals surface area contributed by atoms with E-state index in [0.717, 1.165) is 46.9 Å². The number of benzene rings is 1. The normalized spacial score (nSPS) is 11.8. The van der Waals surface area contributed by atoms with Crippen molar-refractivity contribution in [2.24, 2.45) is 0 Å². The predicted octanol–water partition coefficient (Wildman–Crippen LogP) is 1.61. The Bertz CT molecular complexity index is 846. The number of nitrogens with zero attached hydrogens (tertiary/aromatic N) is 1. The molecule has 3 rings (SSSR count). The third kappa shape index (κ3) is 3.23. The summed E-state index contributed by atoms with van der Waals surface area (Å²) in [5, 5.41) is 0.0686. The molecule has 1 aromatic carbocycles. The topological polar surface area (TPSA) is 41.8 Å². The molecular weight excluding hydrogens is 293 g/mol. The van der Waals surface area contributed by atoms with E-state index in [2.05, 4.69) is 72.7 Å². The minimum Gasteiger partial charge on any atom is -0.464 e. The first-order valence-corrected chi connectivity index (χ1v) is 8.64. The van der Waals surface area contributed by atoms with E-state index in [1.54, 1.807) is 6.26 Å². The van der Waals surface area contributed by atoms with Crippen LogP contribution in [0.15, 0.2) is 41.0 Å². The highest BCUT2D eigenvalue weighted by atomic mass is 16.3. The number of hydrogen-bond acceptors (Lipinski definition) is 2. The minimum absolute atomic E-state index is 0.0686. The van der Waals surface area contributed by atoms with E-state index in [9.17, 15) is 0 Å². The fourth-order valence-electron chi connectivity index (χ4n) is 3.07. The number of H-pyrrole nitrogens is 1. The van der Waals surface area contributed by atoms with Crippen LogP contribution in [0.5, 0.6) is 0 Å². The van der Waals surface area contributed by atoms with Crippen LogP contribution in [0.25, 0.3) is 22.7 Å². The van der Waals surface area contributed by atoms with Gasteiger partial charge in [0, 0.05) is 11.3 Å². The monoisotopic (exact) mass is 316 g/mol. The zero-order valence-electron chi connectivity index (χ0n) is 15.2. The maximum Gasteiger partial charge on any atom is 0.141 e. The van der Waals surface area contributed by atoms with Crippen molar-refractivity contribution in [1.82, 2.24) is 9.97 Å². The molecule has 0 aliphatic heterocycles. The van der Waals surface area contributed by atoms with Gasteiger partial charge in [-0.25, -0.2) is 4.98 Å². The molecule has 0 radical (unpaired) electrons. The number of aromatic nitrogens is 2. The SMILES string of the molecule is BC(B)(B)c1ccccc1-c1cc(-c2nc(CCC)c(C)[nH]2)co1. The molecule has 2 heterocycles. The Hall–Kier alpha value is -2.10. The summed E-state index contributed by atoms with van der Waals surface area (Å²) in [6.45, 7) is 4.25. The minimum atomic E-state index is 0.0686. The summed E-state index contributed by atoms with van der Waals surface area (Å²) in [7, 11) is 6.67. The van der Waals surface area contributed by atoms with Crippen LogP contribution in [0.1, 0.15) is 30.3 Å². The lowest BCUT2D eigenvalue weighted by atomic mass is 9.39. The van der Waals surface area contributed by atoms with Crippen LogP contribution in [0, 0.1) is 6.92 Å². The van der Waals surface area contributed by atoms with E-state index in [4.69, 9.17) is 9.40 Å². The van der Waals surface area contributed by atoms with Crippen molar-refractivity contribution in [1.29, 1.82) is 0 Å². The molecule has 0 aliphatic carbocycles. The molecule has 3 aromatic rings. The Morgan fingerprint density at radius 2 is 1.96 bits per heavy atom. The Morgan fingerprint density at radius 3 is 2.67 bits per heavy atom. The number of rotatable bonds is 5. The maximum absolute atomic E-state index is 5.89. The number of aromatic amines is 1. The molecule has 0 fully saturated rings. The van der Waals surface area contributed by atoms with Gasteiger partial charge in [0.2, 0.25) is 0 Å². The number of hydrogen-bond donors (Lipinski definition) is 1. The van der Waals surface area contributed by atoms with Gasteiger partial charge in [-0.3, -0.25) is 0 Å². The van der Waals surface area contributed by atoms with Crippen molar-refractivity contribution in [3.8, 4) is 22.7 Å². The van der Waals surface area contributed by atoms with Crippen LogP contribution in [0.3, 0.4) is 0 Å². The smallest absolute Gasteiger partial charge is 0.141 e. The lowest BCUT2D eigenvalue weighted by Crippen LogP contribution is -2.27. The zero-order valence-corrected chi connectivity index (χ0v) is 15.2. The van der Waals surface area contributed by atoms with Crippen LogP contribution in [-0.4, -0.2) is 33.5 Å². The summed E-state index contributed by atoms with van der Waals surface area (Å²) < 4.78 is 5.89. The van der Waals surface area contributed by atoms with Crippen LogP contribution in [-0.2, 0) is 11.5 Å². The van der Waals surface area contributed by atoms with Gasteiger partial charge in [0.1, 0.15) is 17.8 Å². The quantitative estimate of drug-likeness (QED) is 0.727. The van der Waals surface area contributed by atoms with Crippen molar-refractivity contribution in [3.63, 3.8) is 0 Å². The molecule has 1 N–H and O–H groups in total. The molecule has 0 saturated heterocycles. The van der Waals surface area contributed by atoms with Gasteiger partial charge in [-0.2, -0.15) is 0 Å². The second-order valence-corrected chi connectivity index (χ2v) is 7.40. The second kappa shape index (κ2) is 6.42. The van der Waals surface area contributed by atoms with Crippen LogP contribution >= 0.6 is 0 Å². The number of aryl methyl sites for hydroxylation is 2. The molecular formula is C18H23B3N2O. The van der Waals surface area contributed by atoms with Gasteiger partial charge in [-0.1, -0.05) is 48.3 Å². The molecule has 0 spiro atoms. The molecule has 0 bridgehead atoms. The zero-order chi connectivity index (χ0) is 17.3. The van der Waals surface area contributed by atoms with Crippen LogP contribution < -0.4 is 0 Å². The van der Waals surface area contributed by atoms with Crippen molar-refractivity contribution in [2.75, 3.05) is 0 Å². The average Bonchev–Trinajstić information content (AvgIpc) is 3.14. The van der Waals surface area contributed by atoms with Gasteiger partial charge in [0.25, 0.3) is 0 Å². The predicted molar refractivity (Wildman–Crippen MR) is 108 cm³/mol. The summed E-state index contributed by atoms with van der Waals surface area (Å²) in [5.74, 6) is 1.78. The Balaban J connectivity index is 1.99. The van der Waals surface area contributed by atoms with E-state index in [0.29, 0.717) is 0 Å². The first-order valence-electron chi connectivity index (χ1n) is 8.64. The molecule has 120 valence electrons. The van der Waals surface area contributed by atoms with Crippen molar-refractivity contribution < 1.29 is 4.42 Å². The van der Waals surface area contributed by atoms with Crippen molar-refractivity contribution in [3.05, 3.63) is 53.5 Å². The van der Waals surface area contributed by atoms with Crippen molar-refractivity contribution >= 4 is 23.5 Å². The molecule has 24 heavy (non-hydrogen) atoms. The van der Waals surface area contributed by atoms with Crippen molar-refractivity contribution in [2.45, 2.75) is 31.8 Å². The fourth-order valence-corrected chi connectivity index (χ4v) is 3.07. The Kier molecular flexibility index (Phi) is 4.48. The second-order valence-electron chi connectivity index (χ2n) is 7.40. The van der Waals surface area contributed by atoms with Crippen LogP contribution in [0.4, 0.5) is 0 Å². The highest BCUT2D eigenvalue weighted by molar-refractivity contribution is 6.59. The Morgan fingerprint density at radius 1 is 1.21 bits per heavy atom. The highest BCUT2D eigenvalue weighted by Gasteiger charge is 2.20. The lowest BCUT2D eigenvalue weighted by molar-refractivity contribution is 0.582. The number of furan rings is 1. The summed E-state index contributed by atoms with van der Waals surface area (Å²) in [6.07, 6.45) is 3.89. The molecule has 0 amide bonds. The third-order valence-corrected chi connectivity index (χ3v) is 4.35. The van der Waals surface area contributed by atoms with E-state index in [1.165, 1.54) is 5.56 Å². The summed E-state index contributed by atoms with van der Waals surface area (Å²) in [5.41, 5.74) is 5.72. The summed E-state index contributed by atoms with van der Waals surface area (Å²) >= 11 is 0. The third-order valence-electron chi connectivity index (χ3n) is 4.35. The van der Waals surface area contributed by atoms with Gasteiger partial charge >= 0.3 is 0 Å². The summed E-state index contributed by atoms with van der Waals surface area (Å²) in [6, 6.07) is 10.5. The van der Waals surface area contributed by atoms with E-state index in [-0.39, 0.29) is 5.11 Å². The standard InChI is InChI=1S/C18H23B3N2O/c1-3-6-15-11(2)22-17(23-15)12-9-16(24-10-12)13-7-4-5-8-14(13)18(19,20)21/h4-5,7-10H,3,6,19-21H2,1-2H3,(H,22,23). The highest BCUT2D eigenvalue weighted by Crippen LogP contribution is 2.32. The maximum atomic E-state index is 5.89. The van der Waals surface area contributed by atoms with E-state index < -0.39 is 0 Å². The average molecular weight is 316 g/mol. The molecule has 0 unspecified atom stereocenters. The summed E-state index contributed by atoms with van der Waals surface area (Å²) in [4.78, 5) is 8.12. The first kappa shape index (κ1) is 16.8. The first-order chi connectivity index (χ1) is 11.4. The fraction of sp³-hybridized carbons (Fsp3) is 0.278. The van der Waals surface area contributed by atoms with Gasteiger partial charge in [0.15, 0.2) is 0 Å². The van der Waals surface area contributed by atoms with Gasteiger partial charge < -0.3 is 9.40 Å².